The molecule has 1 aromatic carbocycles. The van der Waals surface area contributed by atoms with Crippen LogP contribution in [0.15, 0.2) is 41.6 Å². The fraction of sp³-hybridized carbons (Fsp3) is 0.200. The average Bonchev–Trinajstić information content (AvgIpc) is 2.49. The van der Waals surface area contributed by atoms with Crippen LogP contribution in [0.5, 0.6) is 0 Å². The lowest BCUT2D eigenvalue weighted by Crippen LogP contribution is -2.27. The predicted octanol–water partition coefficient (Wildman–Crippen LogP) is 3.24. The van der Waals surface area contributed by atoms with Gasteiger partial charge in [0.25, 0.3) is 15.7 Å². The summed E-state index contributed by atoms with van der Waals surface area (Å²) >= 11 is 0. The normalized spacial score (nSPS) is 12.0. The van der Waals surface area contributed by atoms with E-state index in [0.29, 0.717) is 11.3 Å². The number of hydrogen-bond acceptors (Lipinski definition) is 4. The minimum atomic E-state index is -5.73. The number of hydrogen-bond donors (Lipinski definition) is 1. The molecule has 0 unspecified atom stereocenters. The van der Waals surface area contributed by atoms with Crippen molar-refractivity contribution < 1.29 is 26.4 Å². The number of aromatic nitrogens is 1. The van der Waals surface area contributed by atoms with E-state index < -0.39 is 31.8 Å². The molecule has 0 aliphatic carbocycles. The third-order valence-electron chi connectivity index (χ3n) is 3.22. The van der Waals surface area contributed by atoms with Gasteiger partial charge in [0.05, 0.1) is 5.56 Å². The lowest BCUT2D eigenvalue weighted by atomic mass is 10.1. The molecule has 0 radical (unpaired) electrons. The second-order valence-electron chi connectivity index (χ2n) is 5.08. The number of aryl methyl sites for hydroxylation is 2. The van der Waals surface area contributed by atoms with E-state index >= 15 is 0 Å². The van der Waals surface area contributed by atoms with Crippen LogP contribution in [0.3, 0.4) is 0 Å². The van der Waals surface area contributed by atoms with Crippen molar-refractivity contribution in [2.24, 2.45) is 0 Å². The largest absolute Gasteiger partial charge is 0.503 e. The molecule has 0 bridgehead atoms. The van der Waals surface area contributed by atoms with Gasteiger partial charge in [0.15, 0.2) is 5.03 Å². The van der Waals surface area contributed by atoms with E-state index in [-0.39, 0.29) is 0 Å². The maximum absolute atomic E-state index is 12.7. The van der Waals surface area contributed by atoms with Gasteiger partial charge in [-0.25, -0.2) is 13.4 Å². The van der Waals surface area contributed by atoms with Crippen LogP contribution < -0.4 is 5.32 Å². The standard InChI is InChI=1S/C15H13F3N2O3S/c1-9-5-6-10(2)12(8-9)20-13(21)11-4-3-7-19-14(11)24(22,23)15(16,17)18/h3-8H,1-2H3,(H,20,21). The first-order valence-electron chi connectivity index (χ1n) is 6.69. The van der Waals surface area contributed by atoms with Crippen molar-refractivity contribution in [2.75, 3.05) is 5.32 Å². The van der Waals surface area contributed by atoms with E-state index in [4.69, 9.17) is 0 Å². The molecule has 2 rings (SSSR count). The third-order valence-corrected chi connectivity index (χ3v) is 4.66. The number of alkyl halides is 3. The number of anilines is 1. The summed E-state index contributed by atoms with van der Waals surface area (Å²) in [6, 6.07) is 7.32. The molecule has 2 aromatic rings. The van der Waals surface area contributed by atoms with Crippen molar-refractivity contribution in [3.63, 3.8) is 0 Å². The molecular weight excluding hydrogens is 345 g/mol. The first-order chi connectivity index (χ1) is 11.0. The zero-order valence-electron chi connectivity index (χ0n) is 12.7. The van der Waals surface area contributed by atoms with Crippen LogP contribution in [0.2, 0.25) is 0 Å². The predicted molar refractivity (Wildman–Crippen MR) is 81.3 cm³/mol. The number of nitrogens with one attached hydrogen (secondary N) is 1. The summed E-state index contributed by atoms with van der Waals surface area (Å²) in [4.78, 5) is 15.5. The Morgan fingerprint density at radius 3 is 2.46 bits per heavy atom. The van der Waals surface area contributed by atoms with Crippen molar-refractivity contribution in [1.29, 1.82) is 0 Å². The molecule has 0 atom stereocenters. The lowest BCUT2D eigenvalue weighted by molar-refractivity contribution is -0.0438. The van der Waals surface area contributed by atoms with Crippen LogP contribution in [0.1, 0.15) is 21.5 Å². The number of amides is 1. The van der Waals surface area contributed by atoms with E-state index in [2.05, 4.69) is 10.3 Å². The SMILES string of the molecule is Cc1ccc(C)c(NC(=O)c2cccnc2S(=O)(=O)C(F)(F)F)c1. The van der Waals surface area contributed by atoms with E-state index in [9.17, 15) is 26.4 Å². The minimum Gasteiger partial charge on any atom is -0.322 e. The number of halogens is 3. The summed E-state index contributed by atoms with van der Waals surface area (Å²) in [7, 11) is -5.73. The molecule has 0 aliphatic heterocycles. The molecule has 128 valence electrons. The summed E-state index contributed by atoms with van der Waals surface area (Å²) in [6.07, 6.45) is 0.882. The Morgan fingerprint density at radius 1 is 1.17 bits per heavy atom. The van der Waals surface area contributed by atoms with Gasteiger partial charge in [-0.15, -0.1) is 0 Å². The molecule has 9 heteroatoms. The summed E-state index contributed by atoms with van der Waals surface area (Å²) in [5, 5.41) is 1.10. The van der Waals surface area contributed by atoms with Gasteiger partial charge < -0.3 is 5.32 Å². The Balaban J connectivity index is 2.47. The van der Waals surface area contributed by atoms with Gasteiger partial charge in [-0.2, -0.15) is 13.2 Å². The van der Waals surface area contributed by atoms with Crippen LogP contribution in [0.25, 0.3) is 0 Å². The average molecular weight is 358 g/mol. The zero-order valence-corrected chi connectivity index (χ0v) is 13.5. The molecule has 5 nitrogen and oxygen atoms in total. The van der Waals surface area contributed by atoms with Crippen molar-refractivity contribution in [3.8, 4) is 0 Å². The highest BCUT2D eigenvalue weighted by Crippen LogP contribution is 2.31. The van der Waals surface area contributed by atoms with Crippen molar-refractivity contribution in [2.45, 2.75) is 24.4 Å². The van der Waals surface area contributed by atoms with Gasteiger partial charge in [0, 0.05) is 11.9 Å². The molecule has 0 spiro atoms. The molecule has 0 saturated heterocycles. The molecule has 1 N–H and O–H groups in total. The maximum Gasteiger partial charge on any atom is 0.503 e. The Kier molecular flexibility index (Phi) is 4.66. The molecule has 1 aromatic heterocycles. The number of carbonyl (C=O) groups is 1. The number of benzene rings is 1. The molecule has 0 aliphatic rings. The van der Waals surface area contributed by atoms with Gasteiger partial charge in [-0.1, -0.05) is 12.1 Å². The summed E-state index contributed by atoms with van der Waals surface area (Å²) < 4.78 is 61.4. The van der Waals surface area contributed by atoms with Crippen LogP contribution in [0.4, 0.5) is 18.9 Å². The molecular formula is C15H13F3N2O3S. The zero-order chi connectivity index (χ0) is 18.1. The van der Waals surface area contributed by atoms with E-state index in [0.717, 1.165) is 17.8 Å². The van der Waals surface area contributed by atoms with Crippen LogP contribution >= 0.6 is 0 Å². The molecule has 0 fully saturated rings. The van der Waals surface area contributed by atoms with E-state index in [1.807, 2.05) is 0 Å². The third kappa shape index (κ3) is 3.40. The fourth-order valence-electron chi connectivity index (χ4n) is 1.95. The lowest BCUT2D eigenvalue weighted by Gasteiger charge is -2.13. The molecule has 1 heterocycles. The number of sulfone groups is 1. The summed E-state index contributed by atoms with van der Waals surface area (Å²) in [5.74, 6) is -0.986. The van der Waals surface area contributed by atoms with Gasteiger partial charge >= 0.3 is 5.51 Å². The van der Waals surface area contributed by atoms with Crippen LogP contribution in [-0.2, 0) is 9.84 Å². The second-order valence-corrected chi connectivity index (χ2v) is 6.93. The van der Waals surface area contributed by atoms with E-state index in [1.165, 1.54) is 6.07 Å². The van der Waals surface area contributed by atoms with Gasteiger partial charge in [-0.05, 0) is 43.2 Å². The topological polar surface area (TPSA) is 76.1 Å². The van der Waals surface area contributed by atoms with E-state index in [1.54, 1.807) is 32.0 Å². The fourth-order valence-corrected chi connectivity index (χ4v) is 2.82. The molecule has 24 heavy (non-hydrogen) atoms. The number of pyridine rings is 1. The first-order valence-corrected chi connectivity index (χ1v) is 8.17. The van der Waals surface area contributed by atoms with Gasteiger partial charge in [0.2, 0.25) is 0 Å². The Bertz CT molecular complexity index is 893. The monoisotopic (exact) mass is 358 g/mol. The number of nitrogens with zero attached hydrogens (tertiary/aromatic N) is 1. The van der Waals surface area contributed by atoms with Crippen LogP contribution in [-0.4, -0.2) is 24.8 Å². The minimum absolute atomic E-state index is 0.374. The van der Waals surface area contributed by atoms with Crippen molar-refractivity contribution in [1.82, 2.24) is 4.98 Å². The Hall–Kier alpha value is -2.42. The summed E-state index contributed by atoms with van der Waals surface area (Å²) in [6.45, 7) is 3.48. The maximum atomic E-state index is 12.7. The number of rotatable bonds is 3. The Morgan fingerprint density at radius 2 is 1.83 bits per heavy atom. The van der Waals surface area contributed by atoms with Crippen LogP contribution in [0, 0.1) is 13.8 Å². The second kappa shape index (κ2) is 6.23. The highest BCUT2D eigenvalue weighted by molar-refractivity contribution is 7.92. The Labute approximate surface area is 136 Å². The number of carbonyl (C=O) groups excluding carboxylic acids is 1. The molecule has 1 amide bonds. The molecule has 0 saturated carbocycles. The summed E-state index contributed by atoms with van der Waals surface area (Å²) in [5.41, 5.74) is -4.34. The van der Waals surface area contributed by atoms with Gasteiger partial charge in [-0.3, -0.25) is 4.79 Å². The van der Waals surface area contributed by atoms with Crippen molar-refractivity contribution in [3.05, 3.63) is 53.2 Å². The quantitative estimate of drug-likeness (QED) is 0.914. The smallest absolute Gasteiger partial charge is 0.322 e. The highest BCUT2D eigenvalue weighted by Gasteiger charge is 2.49. The first kappa shape index (κ1) is 17.9. The van der Waals surface area contributed by atoms with Crippen molar-refractivity contribution >= 4 is 21.4 Å². The highest BCUT2D eigenvalue weighted by atomic mass is 32.2. The van der Waals surface area contributed by atoms with Gasteiger partial charge in [0.1, 0.15) is 0 Å².